The minimum atomic E-state index is -0.391. The Morgan fingerprint density at radius 3 is 2.64 bits per heavy atom. The van der Waals surface area contributed by atoms with Crippen LogP contribution in [-0.4, -0.2) is 29.1 Å². The van der Waals surface area contributed by atoms with Crippen LogP contribution in [0.4, 0.5) is 0 Å². The number of aliphatic hydroxyl groups is 1. The molecule has 1 saturated carbocycles. The Morgan fingerprint density at radius 1 is 1.27 bits per heavy atom. The summed E-state index contributed by atoms with van der Waals surface area (Å²) in [6.07, 6.45) is 2.24. The summed E-state index contributed by atoms with van der Waals surface area (Å²) in [5.41, 5.74) is 4.21. The van der Waals surface area contributed by atoms with Gasteiger partial charge in [-0.3, -0.25) is 0 Å². The van der Waals surface area contributed by atoms with Crippen LogP contribution in [0.5, 0.6) is 11.5 Å². The highest BCUT2D eigenvalue weighted by Crippen LogP contribution is 2.56. The number of phenolic OH excluding ortho intramolecular Hbond substituents is 1. The predicted molar refractivity (Wildman–Crippen MR) is 126 cm³/mol. The summed E-state index contributed by atoms with van der Waals surface area (Å²) >= 11 is 0. The van der Waals surface area contributed by atoms with Gasteiger partial charge in [0.1, 0.15) is 6.61 Å². The van der Waals surface area contributed by atoms with Crippen LogP contribution in [0, 0.1) is 28.6 Å². The molecule has 4 rings (SSSR count). The Morgan fingerprint density at radius 2 is 2.00 bits per heavy atom. The average Bonchev–Trinajstić information content (AvgIpc) is 2.81. The number of nitrogens with zero attached hydrogens (tertiary/aromatic N) is 2. The third kappa shape index (κ3) is 4.18. The van der Waals surface area contributed by atoms with E-state index in [9.17, 15) is 10.2 Å². The maximum Gasteiger partial charge on any atom is 0.160 e. The molecule has 0 bridgehead atoms. The fourth-order valence-corrected chi connectivity index (χ4v) is 5.62. The molecule has 0 amide bonds. The molecule has 2 N–H and O–H groups in total. The number of nitriles is 1. The second-order valence-corrected chi connectivity index (χ2v) is 9.72. The first-order valence-electron chi connectivity index (χ1n) is 11.6. The van der Waals surface area contributed by atoms with E-state index < -0.39 is 6.10 Å². The van der Waals surface area contributed by atoms with Crippen molar-refractivity contribution in [3.63, 3.8) is 0 Å². The van der Waals surface area contributed by atoms with Crippen molar-refractivity contribution >= 4 is 5.71 Å². The second-order valence-electron chi connectivity index (χ2n) is 9.72. The van der Waals surface area contributed by atoms with E-state index in [4.69, 9.17) is 14.8 Å². The molecule has 0 heterocycles. The molecule has 0 spiro atoms. The summed E-state index contributed by atoms with van der Waals surface area (Å²) in [6.45, 7) is 6.61. The average molecular weight is 449 g/mol. The van der Waals surface area contributed by atoms with E-state index in [-0.39, 0.29) is 17.1 Å². The number of benzene rings is 2. The molecule has 0 aliphatic heterocycles. The van der Waals surface area contributed by atoms with Crippen LogP contribution >= 0.6 is 0 Å². The Hall–Kier alpha value is -3.04. The fourth-order valence-electron chi connectivity index (χ4n) is 5.62. The van der Waals surface area contributed by atoms with E-state index in [1.165, 1.54) is 0 Å². The Kier molecular flexibility index (Phi) is 6.36. The normalized spacial score (nSPS) is 28.4. The van der Waals surface area contributed by atoms with Crippen molar-refractivity contribution in [1.82, 2.24) is 0 Å². The third-order valence-corrected chi connectivity index (χ3v) is 8.13. The van der Waals surface area contributed by atoms with Crippen molar-refractivity contribution < 1.29 is 19.8 Å². The van der Waals surface area contributed by atoms with Gasteiger partial charge in [0, 0.05) is 5.56 Å². The molecular formula is C27H32N2O4. The van der Waals surface area contributed by atoms with E-state index in [1.54, 1.807) is 25.3 Å². The highest BCUT2D eigenvalue weighted by atomic mass is 16.6. The van der Waals surface area contributed by atoms with Gasteiger partial charge in [0.2, 0.25) is 0 Å². The lowest BCUT2D eigenvalue weighted by Gasteiger charge is -2.52. The molecule has 0 saturated heterocycles. The summed E-state index contributed by atoms with van der Waals surface area (Å²) < 4.78 is 5.41. The summed E-state index contributed by atoms with van der Waals surface area (Å²) in [6, 6.07) is 13.0. The fraction of sp³-hybridized carbons (Fsp3) is 0.481. The zero-order valence-electron chi connectivity index (χ0n) is 19.7. The van der Waals surface area contributed by atoms with Gasteiger partial charge in [-0.15, -0.1) is 0 Å². The van der Waals surface area contributed by atoms with E-state index >= 15 is 0 Å². The number of phenols is 1. The largest absolute Gasteiger partial charge is 0.504 e. The van der Waals surface area contributed by atoms with Gasteiger partial charge < -0.3 is 19.8 Å². The van der Waals surface area contributed by atoms with Gasteiger partial charge in [-0.1, -0.05) is 31.1 Å². The number of hydrogen-bond acceptors (Lipinski definition) is 6. The minimum Gasteiger partial charge on any atom is -0.504 e. The standard InChI is InChI=1S/C27H32N2O4/c1-16-21-11-24(29-33-15-19-7-5-18(14-28)6-8-19)23-12-25(31)26(32-4)13-22(23)20(21)9-10-27(16,3)17(2)30/h5-8,12-13,16-17,20-21,30-31H,9-11,15H2,1-4H3/b29-24+/t16?,17-,20-,21-,27-/m0/s1. The molecule has 33 heavy (non-hydrogen) atoms. The molecule has 6 nitrogen and oxygen atoms in total. The number of fused-ring (bicyclic) bond motifs is 3. The Bertz CT molecular complexity index is 1090. The molecule has 2 aliphatic rings. The molecule has 0 aromatic heterocycles. The van der Waals surface area contributed by atoms with Crippen LogP contribution in [0.1, 0.15) is 68.2 Å². The molecule has 1 unspecified atom stereocenters. The molecule has 6 heteroatoms. The number of aromatic hydroxyl groups is 1. The highest BCUT2D eigenvalue weighted by molar-refractivity contribution is 6.03. The number of rotatable bonds is 5. The van der Waals surface area contributed by atoms with Crippen LogP contribution in [-0.2, 0) is 11.4 Å². The molecule has 0 radical (unpaired) electrons. The Balaban J connectivity index is 1.67. The van der Waals surface area contributed by atoms with Gasteiger partial charge >= 0.3 is 0 Å². The minimum absolute atomic E-state index is 0.0900. The summed E-state index contributed by atoms with van der Waals surface area (Å²) in [4.78, 5) is 5.74. The summed E-state index contributed by atoms with van der Waals surface area (Å²) in [5.74, 6) is 1.45. The van der Waals surface area contributed by atoms with E-state index in [2.05, 4.69) is 25.1 Å². The Labute approximate surface area is 195 Å². The van der Waals surface area contributed by atoms with Crippen molar-refractivity contribution in [2.24, 2.45) is 22.4 Å². The smallest absolute Gasteiger partial charge is 0.160 e. The zero-order chi connectivity index (χ0) is 23.8. The van der Waals surface area contributed by atoms with Gasteiger partial charge in [0.25, 0.3) is 0 Å². The SMILES string of the molecule is COc1cc2c(cc1O)/C(=N/OCc1ccc(C#N)cc1)C[C@H]1C(C)[C@@](C)([C@H](C)O)CC[C@H]21. The van der Waals surface area contributed by atoms with Gasteiger partial charge in [0.15, 0.2) is 11.5 Å². The van der Waals surface area contributed by atoms with Crippen LogP contribution in [0.2, 0.25) is 0 Å². The van der Waals surface area contributed by atoms with Crippen LogP contribution < -0.4 is 4.74 Å². The zero-order valence-corrected chi connectivity index (χ0v) is 19.7. The van der Waals surface area contributed by atoms with Crippen LogP contribution in [0.3, 0.4) is 0 Å². The number of hydrogen-bond donors (Lipinski definition) is 2. The summed E-state index contributed by atoms with van der Waals surface area (Å²) in [7, 11) is 1.56. The van der Waals surface area contributed by atoms with Crippen molar-refractivity contribution in [2.75, 3.05) is 7.11 Å². The topological polar surface area (TPSA) is 95.1 Å². The van der Waals surface area contributed by atoms with Gasteiger partial charge in [-0.2, -0.15) is 5.26 Å². The van der Waals surface area contributed by atoms with Crippen molar-refractivity contribution in [3.8, 4) is 17.6 Å². The first-order valence-corrected chi connectivity index (χ1v) is 11.6. The number of aliphatic hydroxyl groups excluding tert-OH is 1. The van der Waals surface area contributed by atoms with Crippen molar-refractivity contribution in [1.29, 1.82) is 5.26 Å². The predicted octanol–water partition coefficient (Wildman–Crippen LogP) is 5.11. The van der Waals surface area contributed by atoms with E-state index in [0.29, 0.717) is 29.8 Å². The van der Waals surface area contributed by atoms with Gasteiger partial charge in [0.05, 0.1) is 30.6 Å². The molecule has 2 aromatic rings. The first-order chi connectivity index (χ1) is 15.8. The first kappa shape index (κ1) is 23.1. The molecule has 2 aromatic carbocycles. The second kappa shape index (κ2) is 9.07. The molecule has 174 valence electrons. The number of oxime groups is 1. The lowest BCUT2D eigenvalue weighted by Crippen LogP contribution is -2.47. The van der Waals surface area contributed by atoms with Gasteiger partial charge in [-0.05, 0) is 84.7 Å². The maximum absolute atomic E-state index is 10.6. The van der Waals surface area contributed by atoms with E-state index in [1.807, 2.05) is 25.1 Å². The molecule has 2 aliphatic carbocycles. The lowest BCUT2D eigenvalue weighted by atomic mass is 9.53. The maximum atomic E-state index is 10.6. The van der Waals surface area contributed by atoms with Crippen LogP contribution in [0.25, 0.3) is 0 Å². The quantitative estimate of drug-likeness (QED) is 0.620. The molecular weight excluding hydrogens is 416 g/mol. The van der Waals surface area contributed by atoms with Gasteiger partial charge in [-0.25, -0.2) is 0 Å². The number of ether oxygens (including phenoxy) is 1. The molecule has 1 fully saturated rings. The van der Waals surface area contributed by atoms with Crippen molar-refractivity contribution in [2.45, 2.75) is 58.7 Å². The van der Waals surface area contributed by atoms with Crippen molar-refractivity contribution in [3.05, 3.63) is 58.7 Å². The summed E-state index contributed by atoms with van der Waals surface area (Å²) in [5, 5.41) is 34.5. The highest BCUT2D eigenvalue weighted by Gasteiger charge is 2.49. The monoisotopic (exact) mass is 448 g/mol. The van der Waals surface area contributed by atoms with E-state index in [0.717, 1.165) is 41.7 Å². The van der Waals surface area contributed by atoms with Crippen LogP contribution in [0.15, 0.2) is 41.6 Å². The number of methoxy groups -OCH3 is 1. The molecule has 5 atom stereocenters. The third-order valence-electron chi connectivity index (χ3n) is 8.13. The lowest BCUT2D eigenvalue weighted by molar-refractivity contribution is -0.0477.